The molecule has 2 heterocycles. The minimum atomic E-state index is -1.18. The molecule has 31 heavy (non-hydrogen) atoms. The lowest BCUT2D eigenvalue weighted by Crippen LogP contribution is -2.40. The van der Waals surface area contributed by atoms with E-state index in [1.54, 1.807) is 67.6 Å². The van der Waals surface area contributed by atoms with E-state index in [0.29, 0.717) is 27.5 Å². The van der Waals surface area contributed by atoms with Gasteiger partial charge in [-0.1, -0.05) is 35.9 Å². The van der Waals surface area contributed by atoms with Crippen molar-refractivity contribution in [1.29, 1.82) is 0 Å². The fourth-order valence-electron chi connectivity index (χ4n) is 3.50. The number of halogens is 1. The first-order valence-corrected chi connectivity index (χ1v) is 10.0. The van der Waals surface area contributed by atoms with E-state index in [1.165, 1.54) is 6.26 Å². The molecular formula is C23H20ClN3O4. The van der Waals surface area contributed by atoms with Gasteiger partial charge in [-0.3, -0.25) is 14.5 Å². The predicted molar refractivity (Wildman–Crippen MR) is 114 cm³/mol. The van der Waals surface area contributed by atoms with Gasteiger partial charge in [-0.2, -0.15) is 0 Å². The highest BCUT2D eigenvalue weighted by Gasteiger charge is 2.48. The molecule has 1 saturated heterocycles. The van der Waals surface area contributed by atoms with Crippen LogP contribution in [-0.4, -0.2) is 22.7 Å². The van der Waals surface area contributed by atoms with Gasteiger partial charge in [-0.05, 0) is 54.4 Å². The zero-order valence-electron chi connectivity index (χ0n) is 16.7. The summed E-state index contributed by atoms with van der Waals surface area (Å²) in [4.78, 5) is 39.3. The van der Waals surface area contributed by atoms with Crippen molar-refractivity contribution in [3.05, 3.63) is 94.4 Å². The van der Waals surface area contributed by atoms with Crippen LogP contribution in [0.5, 0.6) is 0 Å². The monoisotopic (exact) mass is 437 g/mol. The first kappa shape index (κ1) is 20.7. The highest BCUT2D eigenvalue weighted by Crippen LogP contribution is 2.30. The summed E-state index contributed by atoms with van der Waals surface area (Å²) in [7, 11) is 0. The van der Waals surface area contributed by atoms with E-state index < -0.39 is 11.6 Å². The normalized spacial score (nSPS) is 18.2. The number of hydrogen-bond donors (Lipinski definition) is 2. The van der Waals surface area contributed by atoms with Crippen molar-refractivity contribution >= 4 is 29.4 Å². The molecule has 8 heteroatoms. The Morgan fingerprint density at radius 2 is 1.90 bits per heavy atom. The lowest BCUT2D eigenvalue weighted by atomic mass is 9.92. The Hall–Kier alpha value is -3.58. The van der Waals surface area contributed by atoms with Gasteiger partial charge < -0.3 is 15.1 Å². The second-order valence-electron chi connectivity index (χ2n) is 7.42. The van der Waals surface area contributed by atoms with Crippen LogP contribution in [0.1, 0.15) is 34.2 Å². The Morgan fingerprint density at radius 1 is 1.13 bits per heavy atom. The molecule has 1 fully saturated rings. The summed E-state index contributed by atoms with van der Waals surface area (Å²) in [5.41, 5.74) is 0.551. The molecule has 2 aromatic carbocycles. The van der Waals surface area contributed by atoms with Crippen molar-refractivity contribution in [2.24, 2.45) is 0 Å². The summed E-state index contributed by atoms with van der Waals surface area (Å²) in [6.07, 6.45) is 1.54. The molecule has 1 unspecified atom stereocenters. The van der Waals surface area contributed by atoms with Gasteiger partial charge in [0.15, 0.2) is 0 Å². The number of benzene rings is 2. The summed E-state index contributed by atoms with van der Waals surface area (Å²) >= 11 is 5.94. The second-order valence-corrected chi connectivity index (χ2v) is 7.85. The van der Waals surface area contributed by atoms with Crippen molar-refractivity contribution in [2.75, 3.05) is 0 Å². The summed E-state index contributed by atoms with van der Waals surface area (Å²) in [5.74, 6) is -0.000673. The third kappa shape index (κ3) is 4.18. The zero-order valence-corrected chi connectivity index (χ0v) is 17.5. The topological polar surface area (TPSA) is 91.7 Å². The number of carbonyl (C=O) groups is 3. The lowest BCUT2D eigenvalue weighted by molar-refractivity contribution is -0.131. The number of nitrogens with one attached hydrogen (secondary N) is 2. The van der Waals surface area contributed by atoms with Crippen molar-refractivity contribution in [3.8, 4) is 0 Å². The minimum Gasteiger partial charge on any atom is -0.467 e. The second kappa shape index (κ2) is 8.28. The molecular weight excluding hydrogens is 418 g/mol. The fourth-order valence-corrected chi connectivity index (χ4v) is 3.62. The Morgan fingerprint density at radius 3 is 2.61 bits per heavy atom. The summed E-state index contributed by atoms with van der Waals surface area (Å²) < 4.78 is 5.21. The molecule has 0 radical (unpaired) electrons. The van der Waals surface area contributed by atoms with Crippen molar-refractivity contribution in [3.63, 3.8) is 0 Å². The van der Waals surface area contributed by atoms with Crippen LogP contribution in [0.4, 0.5) is 4.79 Å². The van der Waals surface area contributed by atoms with Crippen molar-refractivity contribution in [1.82, 2.24) is 15.5 Å². The van der Waals surface area contributed by atoms with Gasteiger partial charge in [-0.25, -0.2) is 4.79 Å². The van der Waals surface area contributed by atoms with Gasteiger partial charge in [0, 0.05) is 10.6 Å². The number of carbonyl (C=O) groups excluding carboxylic acids is 3. The van der Waals surface area contributed by atoms with Crippen LogP contribution in [0.25, 0.3) is 0 Å². The summed E-state index contributed by atoms with van der Waals surface area (Å²) in [6, 6.07) is 16.6. The predicted octanol–water partition coefficient (Wildman–Crippen LogP) is 3.83. The van der Waals surface area contributed by atoms with Crippen molar-refractivity contribution in [2.45, 2.75) is 25.6 Å². The highest BCUT2D eigenvalue weighted by atomic mass is 35.5. The van der Waals surface area contributed by atoms with Gasteiger partial charge in [0.25, 0.3) is 11.8 Å². The molecule has 4 amide bonds. The maximum Gasteiger partial charge on any atom is 0.325 e. The van der Waals surface area contributed by atoms with Gasteiger partial charge in [-0.15, -0.1) is 0 Å². The van der Waals surface area contributed by atoms with Crippen LogP contribution in [0, 0.1) is 0 Å². The first-order chi connectivity index (χ1) is 14.9. The van der Waals surface area contributed by atoms with Crippen LogP contribution >= 0.6 is 11.6 Å². The molecule has 0 bridgehead atoms. The SMILES string of the molecule is CC1(c2ccc(Cl)cc2)NC(=O)N(Cc2cccc(C(=O)NCc3ccco3)c2)C1=O. The third-order valence-corrected chi connectivity index (χ3v) is 5.48. The average Bonchev–Trinajstić information content (AvgIpc) is 3.36. The van der Waals surface area contributed by atoms with Crippen LogP contribution in [-0.2, 0) is 23.4 Å². The van der Waals surface area contributed by atoms with E-state index in [4.69, 9.17) is 16.0 Å². The minimum absolute atomic E-state index is 0.0488. The molecule has 2 N–H and O–H groups in total. The smallest absolute Gasteiger partial charge is 0.325 e. The number of hydrogen-bond acceptors (Lipinski definition) is 4. The molecule has 0 aliphatic carbocycles. The molecule has 1 atom stereocenters. The molecule has 1 aliphatic heterocycles. The van der Waals surface area contributed by atoms with E-state index in [-0.39, 0.29) is 24.9 Å². The molecule has 1 aliphatic rings. The van der Waals surface area contributed by atoms with E-state index in [1.807, 2.05) is 0 Å². The van der Waals surface area contributed by atoms with E-state index in [0.717, 1.165) is 4.90 Å². The summed E-state index contributed by atoms with van der Waals surface area (Å²) in [5, 5.41) is 6.08. The van der Waals surface area contributed by atoms with Crippen LogP contribution in [0.3, 0.4) is 0 Å². The van der Waals surface area contributed by atoms with Crippen LogP contribution in [0.2, 0.25) is 5.02 Å². The average molecular weight is 438 g/mol. The van der Waals surface area contributed by atoms with Gasteiger partial charge in [0.05, 0.1) is 19.4 Å². The number of amides is 4. The maximum atomic E-state index is 13.1. The lowest BCUT2D eigenvalue weighted by Gasteiger charge is -2.22. The maximum absolute atomic E-state index is 13.1. The Kier molecular flexibility index (Phi) is 5.52. The van der Waals surface area contributed by atoms with E-state index >= 15 is 0 Å². The third-order valence-electron chi connectivity index (χ3n) is 5.23. The van der Waals surface area contributed by atoms with Crippen molar-refractivity contribution < 1.29 is 18.8 Å². The Bertz CT molecular complexity index is 1130. The molecule has 4 rings (SSSR count). The largest absolute Gasteiger partial charge is 0.467 e. The van der Waals surface area contributed by atoms with Crippen LogP contribution < -0.4 is 10.6 Å². The molecule has 3 aromatic rings. The van der Waals surface area contributed by atoms with Crippen LogP contribution in [0.15, 0.2) is 71.3 Å². The standard InChI is InChI=1S/C23H20ClN3O4/c1-23(17-7-9-18(24)10-8-17)21(29)27(22(30)26-23)14-15-4-2-5-16(12-15)20(28)25-13-19-6-3-11-31-19/h2-12H,13-14H2,1H3,(H,25,28)(H,26,30). The number of rotatable bonds is 6. The summed E-state index contributed by atoms with van der Waals surface area (Å²) in [6.45, 7) is 1.98. The number of nitrogens with zero attached hydrogens (tertiary/aromatic N) is 1. The Balaban J connectivity index is 1.48. The zero-order chi connectivity index (χ0) is 22.0. The molecule has 1 aromatic heterocycles. The van der Waals surface area contributed by atoms with Gasteiger partial charge in [0.1, 0.15) is 11.3 Å². The number of urea groups is 1. The Labute approximate surface area is 184 Å². The highest BCUT2D eigenvalue weighted by molar-refractivity contribution is 6.30. The van der Waals surface area contributed by atoms with E-state index in [9.17, 15) is 14.4 Å². The number of furan rings is 1. The fraction of sp³-hybridized carbons (Fsp3) is 0.174. The first-order valence-electron chi connectivity index (χ1n) is 9.66. The molecule has 158 valence electrons. The van der Waals surface area contributed by atoms with E-state index in [2.05, 4.69) is 10.6 Å². The molecule has 0 saturated carbocycles. The molecule has 0 spiro atoms. The van der Waals surface area contributed by atoms with Gasteiger partial charge in [0.2, 0.25) is 0 Å². The quantitative estimate of drug-likeness (QED) is 0.573. The molecule has 7 nitrogen and oxygen atoms in total. The van der Waals surface area contributed by atoms with Gasteiger partial charge >= 0.3 is 6.03 Å². The number of imide groups is 1.